The van der Waals surface area contributed by atoms with Crippen LogP contribution in [0.1, 0.15) is 106 Å². The van der Waals surface area contributed by atoms with E-state index in [1.54, 1.807) is 0 Å². The minimum Gasteiger partial charge on any atom is -0.453 e. The van der Waals surface area contributed by atoms with Gasteiger partial charge in [-0.2, -0.15) is 0 Å². The number of rotatable bonds is 10. The van der Waals surface area contributed by atoms with Crippen molar-refractivity contribution in [3.8, 4) is 57.2 Å². The molecule has 0 saturated carbocycles. The summed E-state index contributed by atoms with van der Waals surface area (Å²) in [6.07, 6.45) is 4.70. The second-order valence-electron chi connectivity index (χ2n) is 30.5. The zero-order valence-corrected chi connectivity index (χ0v) is 67.3. The Morgan fingerprint density at radius 3 is 1.20 bits per heavy atom. The molecule has 23 rings (SSSR count). The van der Waals surface area contributed by atoms with Crippen molar-refractivity contribution in [2.75, 3.05) is 45.8 Å². The minimum atomic E-state index is -0.0722. The van der Waals surface area contributed by atoms with Crippen LogP contribution in [0, 0.1) is 13.8 Å². The fraction of sp³-hybridized carbons (Fsp3) is 0.184. The van der Waals surface area contributed by atoms with Gasteiger partial charge >= 0.3 is 0 Å². The number of nitrogens with zero attached hydrogens (tertiary/aromatic N) is 11. The van der Waals surface area contributed by atoms with E-state index < -0.39 is 0 Å². The summed E-state index contributed by atoms with van der Waals surface area (Å²) in [6.45, 7) is 13.9. The Balaban J connectivity index is 0.000000105. The number of carbonyl (C=O) groups is 5. The van der Waals surface area contributed by atoms with Crippen LogP contribution in [0.15, 0.2) is 258 Å². The molecule has 0 atom stereocenters. The van der Waals surface area contributed by atoms with Crippen molar-refractivity contribution in [3.05, 3.63) is 315 Å². The first-order chi connectivity index (χ1) is 59.3. The molecule has 5 amide bonds. The van der Waals surface area contributed by atoms with E-state index >= 15 is 0 Å². The van der Waals surface area contributed by atoms with Crippen LogP contribution < -0.4 is 26.6 Å². The van der Waals surface area contributed by atoms with E-state index in [1.807, 2.05) is 199 Å². The summed E-state index contributed by atoms with van der Waals surface area (Å²) in [7, 11) is 0. The molecule has 23 nitrogen and oxygen atoms in total. The van der Waals surface area contributed by atoms with E-state index in [9.17, 15) is 24.0 Å². The number of likely N-dealkylation sites (tertiary alicyclic amines) is 1. The molecule has 1 saturated heterocycles. The number of aromatic nitrogens is 10. The van der Waals surface area contributed by atoms with E-state index in [2.05, 4.69) is 124 Å². The molecule has 17 aromatic rings. The first kappa shape index (κ1) is 78.6. The average molecular weight is 1640 g/mol. The van der Waals surface area contributed by atoms with Crippen molar-refractivity contribution >= 4 is 108 Å². The van der Waals surface area contributed by atoms with Crippen molar-refractivity contribution in [1.29, 1.82) is 0 Å². The fourth-order valence-corrected chi connectivity index (χ4v) is 17.3. The number of carbonyl (C=O) groups excluding carboxylic acids is 5. The van der Waals surface area contributed by atoms with Crippen LogP contribution in [0.5, 0.6) is 0 Å². The van der Waals surface area contributed by atoms with Crippen LogP contribution in [-0.4, -0.2) is 128 Å². The summed E-state index contributed by atoms with van der Waals surface area (Å²) in [4.78, 5) is 87.5. The largest absolute Gasteiger partial charge is 0.453 e. The normalized spacial score (nSPS) is 14.4. The molecule has 13 heterocycles. The lowest BCUT2D eigenvalue weighted by Crippen LogP contribution is -2.25. The molecule has 608 valence electrons. The maximum absolute atomic E-state index is 12.4. The Hall–Kier alpha value is -14.6. The molecule has 0 bridgehead atoms. The molecule has 7 aromatic heterocycles. The standard InChI is InChI=1S/C24H19N3O.C21H17N3O2.C20H14ClN3O2.C17H15N3O.C15H18N4O.CH4/c28-24-19-12-7-13-21-23(19)27(15-14-25-24)22(26-21)16-20(17-8-3-1-4-9-17)18-10-5-2-6-11-18;1-13-4-2-5-14(12-13)17-8-9-18(26-17)20-23-16-7-3-6-15-19(16)24(20)11-10-22-21(15)25;21-14-6-2-1-4-12(14)16-8-9-17(26-16)19-23-15-7-3-5-13-18(15)24(19)11-10-22-20(13)25;1-11-4-2-5-12(10-11)16-19-14-7-3-6-13-15(14)20(16)9-8-18-17(13)21;20-15-11-4-3-5-12-14(11)19(9-6-16-15)13(17-12)10-18-7-1-2-8-18;/h1-13,16H,14-15H2,(H,25,28);2-9,12H,10-11H2,1H3,(H,22,25);1-9H,10-11H2,(H,22,25);2-7,10H,8-9H2,1H3,(H,18,21);3-5H,1-2,6-10H2,(H,16,20);1H4. The van der Waals surface area contributed by atoms with Crippen LogP contribution in [-0.2, 0) is 39.3 Å². The number of amides is 5. The van der Waals surface area contributed by atoms with Crippen molar-refractivity contribution < 1.29 is 32.8 Å². The van der Waals surface area contributed by atoms with Crippen LogP contribution in [0.3, 0.4) is 0 Å². The molecule has 10 aromatic carbocycles. The maximum atomic E-state index is 12.4. The Bertz CT molecular complexity index is 6890. The van der Waals surface area contributed by atoms with Gasteiger partial charge in [-0.05, 0) is 172 Å². The third kappa shape index (κ3) is 15.4. The second kappa shape index (κ2) is 34.0. The van der Waals surface area contributed by atoms with E-state index in [0.717, 1.165) is 156 Å². The number of hydrogen-bond acceptors (Lipinski definition) is 13. The summed E-state index contributed by atoms with van der Waals surface area (Å²) >= 11 is 6.28. The number of para-hydroxylation sites is 5. The monoisotopic (exact) mass is 1630 g/mol. The molecule has 6 aliphatic rings. The van der Waals surface area contributed by atoms with Gasteiger partial charge in [-0.25, -0.2) is 24.9 Å². The quantitative estimate of drug-likeness (QED) is 0.0854. The lowest BCUT2D eigenvalue weighted by atomic mass is 9.97. The summed E-state index contributed by atoms with van der Waals surface area (Å²) in [5.74, 6) is 7.03. The first-order valence-corrected chi connectivity index (χ1v) is 41.2. The van der Waals surface area contributed by atoms with Gasteiger partial charge in [0.1, 0.15) is 29.0 Å². The molecule has 6 aliphatic heterocycles. The van der Waals surface area contributed by atoms with Gasteiger partial charge in [0.15, 0.2) is 23.2 Å². The van der Waals surface area contributed by atoms with Gasteiger partial charge in [0.25, 0.3) is 29.5 Å². The predicted octanol–water partition coefficient (Wildman–Crippen LogP) is 17.5. The number of imidazole rings is 5. The molecule has 5 N–H and O–H groups in total. The maximum Gasteiger partial charge on any atom is 0.253 e. The summed E-state index contributed by atoms with van der Waals surface area (Å²) in [6, 6.07) is 80.9. The second-order valence-corrected chi connectivity index (χ2v) is 30.9. The number of furan rings is 2. The zero-order chi connectivity index (χ0) is 82.2. The van der Waals surface area contributed by atoms with Gasteiger partial charge in [0.05, 0.1) is 94.6 Å². The van der Waals surface area contributed by atoms with Crippen molar-refractivity contribution in [3.63, 3.8) is 0 Å². The van der Waals surface area contributed by atoms with Crippen LogP contribution in [0.25, 0.3) is 124 Å². The van der Waals surface area contributed by atoms with Gasteiger partial charge in [0.2, 0.25) is 0 Å². The van der Waals surface area contributed by atoms with E-state index in [1.165, 1.54) is 24.0 Å². The highest BCUT2D eigenvalue weighted by Gasteiger charge is 2.30. The minimum absolute atomic E-state index is 0. The van der Waals surface area contributed by atoms with Crippen molar-refractivity contribution in [2.45, 2.75) is 73.4 Å². The van der Waals surface area contributed by atoms with E-state index in [4.69, 9.17) is 45.4 Å². The van der Waals surface area contributed by atoms with Crippen molar-refractivity contribution in [2.24, 2.45) is 0 Å². The first-order valence-electron chi connectivity index (χ1n) is 40.8. The molecular weight excluding hydrogens is 1550 g/mol. The molecule has 0 aliphatic carbocycles. The highest BCUT2D eigenvalue weighted by molar-refractivity contribution is 6.33. The third-order valence-corrected chi connectivity index (χ3v) is 23.0. The van der Waals surface area contributed by atoms with Gasteiger partial charge < -0.3 is 58.3 Å². The van der Waals surface area contributed by atoms with Gasteiger partial charge in [-0.15, -0.1) is 0 Å². The van der Waals surface area contributed by atoms with Gasteiger partial charge in [-0.1, -0.05) is 170 Å². The summed E-state index contributed by atoms with van der Waals surface area (Å²) in [5.41, 5.74) is 21.0. The van der Waals surface area contributed by atoms with Gasteiger partial charge in [-0.3, -0.25) is 28.9 Å². The average Bonchev–Trinajstić information content (AvgIpc) is 1.61. The van der Waals surface area contributed by atoms with Crippen molar-refractivity contribution in [1.82, 2.24) is 79.2 Å². The number of aryl methyl sites for hydroxylation is 2. The Kier molecular flexibility index (Phi) is 21.9. The molecule has 0 radical (unpaired) electrons. The fourth-order valence-electron chi connectivity index (χ4n) is 17.0. The molecule has 24 heteroatoms. The lowest BCUT2D eigenvalue weighted by Gasteiger charge is -2.15. The highest BCUT2D eigenvalue weighted by Crippen LogP contribution is 2.38. The Morgan fingerprint density at radius 2 is 0.713 bits per heavy atom. The van der Waals surface area contributed by atoms with E-state index in [0.29, 0.717) is 103 Å². The van der Waals surface area contributed by atoms with Crippen LogP contribution in [0.4, 0.5) is 0 Å². The molecule has 122 heavy (non-hydrogen) atoms. The van der Waals surface area contributed by atoms with E-state index in [-0.39, 0.29) is 37.0 Å². The predicted molar refractivity (Wildman–Crippen MR) is 478 cm³/mol. The SMILES string of the molecule is C.Cc1cccc(-c2ccc(-c3nc4cccc5c4n3CCNC5=O)o2)c1.Cc1cccc(-c2nc3cccc4c3n2CCNC4=O)c1.O=C1NCCn2c(-c3ccc(-c4ccccc4Cl)o3)nc3cccc1c32.O=C1NCCn2c(C=C(c3ccccc3)c3ccccc3)nc3cccc1c32.O=C1NCCn2c(CN3CCCC3)nc3cccc1c32. The number of halogens is 1. The molecular formula is C98H87ClN16O7. The van der Waals surface area contributed by atoms with Gasteiger partial charge in [0, 0.05) is 82.1 Å². The van der Waals surface area contributed by atoms with Crippen LogP contribution in [0.2, 0.25) is 5.02 Å². The summed E-state index contributed by atoms with van der Waals surface area (Å²) < 4.78 is 22.8. The zero-order valence-electron chi connectivity index (χ0n) is 66.5. The smallest absolute Gasteiger partial charge is 0.253 e. The molecule has 1 fully saturated rings. The number of hydrogen-bond donors (Lipinski definition) is 5. The Labute approximate surface area is 707 Å². The van der Waals surface area contributed by atoms with Crippen LogP contribution >= 0.6 is 11.6 Å². The Morgan fingerprint density at radius 1 is 0.352 bits per heavy atom. The summed E-state index contributed by atoms with van der Waals surface area (Å²) in [5, 5.41) is 15.4. The topological polar surface area (TPSA) is 264 Å². The highest BCUT2D eigenvalue weighted by atomic mass is 35.5. The lowest BCUT2D eigenvalue weighted by molar-refractivity contribution is 0.0948. The molecule has 0 unspecified atom stereocenters. The third-order valence-electron chi connectivity index (χ3n) is 22.6. The molecule has 0 spiro atoms. The number of nitrogens with one attached hydrogen (secondary N) is 5. The number of benzene rings is 10.